The monoisotopic (exact) mass is 471 g/mol. The number of hydrogen-bond acceptors (Lipinski definition) is 6. The molecule has 0 aliphatic carbocycles. The van der Waals surface area contributed by atoms with E-state index in [2.05, 4.69) is 20.9 Å². The molecule has 7 nitrogen and oxygen atoms in total. The summed E-state index contributed by atoms with van der Waals surface area (Å²) in [6.45, 7) is 2.51. The van der Waals surface area contributed by atoms with Crippen LogP contribution in [0.2, 0.25) is 0 Å². The van der Waals surface area contributed by atoms with Gasteiger partial charge in [-0.15, -0.1) is 10.2 Å². The fourth-order valence-electron chi connectivity index (χ4n) is 3.89. The largest absolute Gasteiger partial charge is 0.497 e. The number of ether oxygens (including phenoxy) is 1. The quantitative estimate of drug-likeness (QED) is 0.436. The lowest BCUT2D eigenvalue weighted by molar-refractivity contribution is -0.121. The first-order chi connectivity index (χ1) is 16.6. The average molecular weight is 472 g/mol. The van der Waals surface area contributed by atoms with Crippen LogP contribution in [0.4, 0.5) is 0 Å². The number of nitrogens with one attached hydrogen (secondary N) is 2. The number of benzene rings is 3. The number of rotatable bonds is 6. The van der Waals surface area contributed by atoms with E-state index in [4.69, 9.17) is 4.74 Å². The molecule has 0 saturated carbocycles. The van der Waals surface area contributed by atoms with Gasteiger partial charge in [-0.25, -0.2) is 4.68 Å². The fourth-order valence-corrected chi connectivity index (χ4v) is 4.99. The molecule has 2 heterocycles. The lowest BCUT2D eigenvalue weighted by Crippen LogP contribution is -2.43. The molecule has 1 aliphatic heterocycles. The Kier molecular flexibility index (Phi) is 6.22. The molecule has 4 aromatic rings. The summed E-state index contributed by atoms with van der Waals surface area (Å²) in [5, 5.41) is 12.1. The summed E-state index contributed by atoms with van der Waals surface area (Å²) in [7, 11) is 1.64. The molecule has 34 heavy (non-hydrogen) atoms. The Balaban J connectivity index is 1.44. The Labute approximate surface area is 202 Å². The van der Waals surface area contributed by atoms with Crippen molar-refractivity contribution in [3.63, 3.8) is 0 Å². The number of nitrogens with zero attached hydrogens (tertiary/aromatic N) is 3. The maximum Gasteiger partial charge on any atom is 0.236 e. The molecule has 1 aromatic heterocycles. The minimum atomic E-state index is -0.431. The van der Waals surface area contributed by atoms with Crippen LogP contribution in [-0.2, 0) is 11.3 Å². The molecule has 2 atom stereocenters. The van der Waals surface area contributed by atoms with Gasteiger partial charge in [-0.3, -0.25) is 4.79 Å². The number of methoxy groups -OCH3 is 1. The minimum Gasteiger partial charge on any atom is -0.497 e. The predicted molar refractivity (Wildman–Crippen MR) is 133 cm³/mol. The van der Waals surface area contributed by atoms with Gasteiger partial charge in [-0.1, -0.05) is 84.1 Å². The number of aromatic nitrogens is 3. The molecule has 5 rings (SSSR count). The van der Waals surface area contributed by atoms with Crippen LogP contribution in [0.3, 0.4) is 0 Å². The second-order valence-corrected chi connectivity index (χ2v) is 9.24. The molecular formula is C26H25N5O2S. The van der Waals surface area contributed by atoms with Crippen molar-refractivity contribution in [1.29, 1.82) is 0 Å². The molecule has 0 spiro atoms. The third-order valence-electron chi connectivity index (χ3n) is 5.79. The second kappa shape index (κ2) is 9.61. The molecule has 0 unspecified atom stereocenters. The first kappa shape index (κ1) is 22.0. The summed E-state index contributed by atoms with van der Waals surface area (Å²) < 4.78 is 7.19. The molecule has 0 bridgehead atoms. The number of hydrogen-bond donors (Lipinski definition) is 2. The zero-order valence-corrected chi connectivity index (χ0v) is 19.8. The van der Waals surface area contributed by atoms with E-state index in [1.165, 1.54) is 17.3 Å². The number of aryl methyl sites for hydroxylation is 1. The van der Waals surface area contributed by atoms with E-state index in [-0.39, 0.29) is 11.9 Å². The standard InChI is InChI=1S/C26H25N5O2S/c1-17-8-10-18(11-9-17)16-27-25(32)23-22(19-12-14-21(33-2)15-13-19)30-31-24(28-29-26(31)34-23)20-6-4-3-5-7-20/h3-15,22-23,30H,16H2,1-2H3,(H,27,32)/t22-,23-/m1/s1. The molecule has 1 amide bonds. The number of fused-ring (bicyclic) bond motifs is 1. The Morgan fingerprint density at radius 3 is 2.47 bits per heavy atom. The van der Waals surface area contributed by atoms with E-state index in [9.17, 15) is 4.79 Å². The van der Waals surface area contributed by atoms with Crippen molar-refractivity contribution >= 4 is 17.7 Å². The van der Waals surface area contributed by atoms with Crippen LogP contribution >= 0.6 is 11.8 Å². The van der Waals surface area contributed by atoms with E-state index >= 15 is 0 Å². The molecule has 0 fully saturated rings. The molecule has 0 radical (unpaired) electrons. The highest BCUT2D eigenvalue weighted by molar-refractivity contribution is 8.00. The highest BCUT2D eigenvalue weighted by Gasteiger charge is 2.38. The zero-order valence-electron chi connectivity index (χ0n) is 18.9. The van der Waals surface area contributed by atoms with Gasteiger partial charge in [-0.2, -0.15) is 0 Å². The highest BCUT2D eigenvalue weighted by Crippen LogP contribution is 2.38. The molecule has 0 saturated heterocycles. The van der Waals surface area contributed by atoms with Crippen LogP contribution in [-0.4, -0.2) is 33.1 Å². The van der Waals surface area contributed by atoms with Crippen molar-refractivity contribution < 1.29 is 9.53 Å². The number of amides is 1. The average Bonchev–Trinajstić information content (AvgIpc) is 3.31. The van der Waals surface area contributed by atoms with E-state index in [1.54, 1.807) is 7.11 Å². The smallest absolute Gasteiger partial charge is 0.236 e. The van der Waals surface area contributed by atoms with Gasteiger partial charge in [0.2, 0.25) is 11.1 Å². The minimum absolute atomic E-state index is 0.0607. The van der Waals surface area contributed by atoms with Gasteiger partial charge < -0.3 is 15.5 Å². The number of carbonyl (C=O) groups is 1. The summed E-state index contributed by atoms with van der Waals surface area (Å²) >= 11 is 1.41. The van der Waals surface area contributed by atoms with Crippen LogP contribution in [0, 0.1) is 6.92 Å². The summed E-state index contributed by atoms with van der Waals surface area (Å²) in [5.74, 6) is 1.41. The first-order valence-electron chi connectivity index (χ1n) is 11.0. The summed E-state index contributed by atoms with van der Waals surface area (Å²) in [6.07, 6.45) is 0. The first-order valence-corrected chi connectivity index (χ1v) is 11.9. The van der Waals surface area contributed by atoms with Crippen molar-refractivity contribution in [2.24, 2.45) is 0 Å². The SMILES string of the molecule is COc1ccc([C@H]2Nn3c(nnc3-c3ccccc3)S[C@H]2C(=O)NCc2ccc(C)cc2)cc1. The molecule has 2 N–H and O–H groups in total. The Morgan fingerprint density at radius 1 is 1.03 bits per heavy atom. The third kappa shape index (κ3) is 4.49. The Bertz CT molecular complexity index is 1270. The van der Waals surface area contributed by atoms with Crippen LogP contribution < -0.4 is 15.5 Å². The van der Waals surface area contributed by atoms with Gasteiger partial charge in [0.15, 0.2) is 5.82 Å². The number of carbonyl (C=O) groups excluding carboxylic acids is 1. The van der Waals surface area contributed by atoms with Crippen LogP contribution in [0.15, 0.2) is 84.0 Å². The molecule has 3 aromatic carbocycles. The van der Waals surface area contributed by atoms with Crippen molar-refractivity contribution in [1.82, 2.24) is 20.2 Å². The highest BCUT2D eigenvalue weighted by atomic mass is 32.2. The molecule has 1 aliphatic rings. The Morgan fingerprint density at radius 2 is 1.76 bits per heavy atom. The van der Waals surface area contributed by atoms with Crippen molar-refractivity contribution in [2.75, 3.05) is 12.5 Å². The third-order valence-corrected chi connectivity index (χ3v) is 7.00. The maximum absolute atomic E-state index is 13.4. The van der Waals surface area contributed by atoms with Crippen LogP contribution in [0.1, 0.15) is 22.7 Å². The molecular weight excluding hydrogens is 446 g/mol. The summed E-state index contributed by atoms with van der Waals surface area (Å²) in [6, 6.07) is 25.5. The van der Waals surface area contributed by atoms with E-state index < -0.39 is 5.25 Å². The van der Waals surface area contributed by atoms with Crippen LogP contribution in [0.5, 0.6) is 5.75 Å². The zero-order chi connectivity index (χ0) is 23.5. The van der Waals surface area contributed by atoms with E-state index in [0.717, 1.165) is 22.4 Å². The van der Waals surface area contributed by atoms with Gasteiger partial charge in [0, 0.05) is 12.1 Å². The van der Waals surface area contributed by atoms with Crippen LogP contribution in [0.25, 0.3) is 11.4 Å². The van der Waals surface area contributed by atoms with Crippen molar-refractivity contribution in [3.8, 4) is 17.1 Å². The van der Waals surface area contributed by atoms with Gasteiger partial charge in [0.25, 0.3) is 0 Å². The number of thioether (sulfide) groups is 1. The van der Waals surface area contributed by atoms with E-state index in [0.29, 0.717) is 17.5 Å². The topological polar surface area (TPSA) is 81.1 Å². The van der Waals surface area contributed by atoms with Gasteiger partial charge in [0.05, 0.1) is 13.2 Å². The fraction of sp³-hybridized carbons (Fsp3) is 0.192. The van der Waals surface area contributed by atoms with Gasteiger partial charge >= 0.3 is 0 Å². The summed E-state index contributed by atoms with van der Waals surface area (Å²) in [5.41, 5.74) is 7.68. The van der Waals surface area contributed by atoms with Crippen molar-refractivity contribution in [3.05, 3.63) is 95.6 Å². The van der Waals surface area contributed by atoms with Crippen molar-refractivity contribution in [2.45, 2.75) is 29.9 Å². The van der Waals surface area contributed by atoms with Gasteiger partial charge in [-0.05, 0) is 30.2 Å². The normalized spacial score (nSPS) is 16.9. The summed E-state index contributed by atoms with van der Waals surface area (Å²) in [4.78, 5) is 13.4. The predicted octanol–water partition coefficient (Wildman–Crippen LogP) is 4.34. The van der Waals surface area contributed by atoms with Gasteiger partial charge in [0.1, 0.15) is 11.0 Å². The molecule has 172 valence electrons. The second-order valence-electron chi connectivity index (χ2n) is 8.13. The molecule has 8 heteroatoms. The Hall–Kier alpha value is -3.78. The lowest BCUT2D eigenvalue weighted by Gasteiger charge is -2.33. The lowest BCUT2D eigenvalue weighted by atomic mass is 10.0. The maximum atomic E-state index is 13.4. The van der Waals surface area contributed by atoms with E-state index in [1.807, 2.05) is 90.5 Å².